The first-order valence-corrected chi connectivity index (χ1v) is 9.51. The summed E-state index contributed by atoms with van der Waals surface area (Å²) in [7, 11) is -1.77. The van der Waals surface area contributed by atoms with Gasteiger partial charge in [-0.15, -0.1) is 12.4 Å². The average molecular weight is 400 g/mol. The van der Waals surface area contributed by atoms with Crippen molar-refractivity contribution < 1.29 is 13.2 Å². The molecule has 1 amide bonds. The molecule has 0 saturated carbocycles. The van der Waals surface area contributed by atoms with Crippen LogP contribution in [0.15, 0.2) is 41.6 Å². The van der Waals surface area contributed by atoms with Crippen molar-refractivity contribution in [3.8, 4) is 0 Å². The Bertz CT molecular complexity index is 845. The zero-order chi connectivity index (χ0) is 17.9. The average Bonchev–Trinajstić information content (AvgIpc) is 3.24. The molecule has 3 rings (SSSR count). The van der Waals surface area contributed by atoms with Crippen molar-refractivity contribution in [1.29, 1.82) is 0 Å². The van der Waals surface area contributed by atoms with E-state index in [-0.39, 0.29) is 29.3 Å². The molecule has 2 heterocycles. The number of aryl methyl sites for hydroxylation is 1. The fourth-order valence-electron chi connectivity index (χ4n) is 2.68. The molecule has 26 heavy (non-hydrogen) atoms. The lowest BCUT2D eigenvalue weighted by atomic mass is 10.2. The fourth-order valence-corrected chi connectivity index (χ4v) is 3.95. The van der Waals surface area contributed by atoms with Crippen molar-refractivity contribution in [3.05, 3.63) is 47.8 Å². The van der Waals surface area contributed by atoms with Gasteiger partial charge >= 0.3 is 0 Å². The van der Waals surface area contributed by atoms with E-state index in [0.717, 1.165) is 18.5 Å². The van der Waals surface area contributed by atoms with Gasteiger partial charge in [0, 0.05) is 43.5 Å². The summed E-state index contributed by atoms with van der Waals surface area (Å²) in [6.07, 6.45) is 4.27. The molecule has 0 aliphatic carbocycles. The van der Waals surface area contributed by atoms with E-state index in [1.165, 1.54) is 24.3 Å². The smallest absolute Gasteiger partial charge is 0.251 e. The van der Waals surface area contributed by atoms with E-state index >= 15 is 0 Å². The Morgan fingerprint density at radius 1 is 1.35 bits per heavy atom. The van der Waals surface area contributed by atoms with Crippen LogP contribution in [-0.2, 0) is 23.6 Å². The van der Waals surface area contributed by atoms with Gasteiger partial charge in [-0.1, -0.05) is 0 Å². The Kier molecular flexibility index (Phi) is 6.76. The lowest BCUT2D eigenvalue weighted by molar-refractivity contribution is 0.0951. The van der Waals surface area contributed by atoms with Crippen LogP contribution in [0.4, 0.5) is 0 Å². The van der Waals surface area contributed by atoms with Crippen molar-refractivity contribution >= 4 is 28.3 Å². The van der Waals surface area contributed by atoms with Gasteiger partial charge in [-0.2, -0.15) is 5.10 Å². The second-order valence-electron chi connectivity index (χ2n) is 6.04. The van der Waals surface area contributed by atoms with Gasteiger partial charge in [-0.05, 0) is 37.2 Å². The molecule has 8 nitrogen and oxygen atoms in total. The van der Waals surface area contributed by atoms with Crippen LogP contribution in [0, 0.1) is 0 Å². The highest BCUT2D eigenvalue weighted by atomic mass is 35.5. The van der Waals surface area contributed by atoms with E-state index < -0.39 is 10.0 Å². The van der Waals surface area contributed by atoms with E-state index in [9.17, 15) is 13.2 Å². The van der Waals surface area contributed by atoms with Crippen molar-refractivity contribution in [2.45, 2.75) is 23.9 Å². The summed E-state index contributed by atoms with van der Waals surface area (Å²) < 4.78 is 29.0. The first-order chi connectivity index (χ1) is 11.9. The maximum absolute atomic E-state index is 12.3. The van der Waals surface area contributed by atoms with Crippen LogP contribution in [0.5, 0.6) is 0 Å². The Labute approximate surface area is 158 Å². The maximum Gasteiger partial charge on any atom is 0.251 e. The van der Waals surface area contributed by atoms with Gasteiger partial charge < -0.3 is 10.6 Å². The minimum Gasteiger partial charge on any atom is -0.348 e. The van der Waals surface area contributed by atoms with Crippen LogP contribution < -0.4 is 15.4 Å². The molecule has 0 unspecified atom stereocenters. The molecular weight excluding hydrogens is 378 g/mol. The van der Waals surface area contributed by atoms with Gasteiger partial charge in [-0.3, -0.25) is 9.48 Å². The SMILES string of the molecule is Cl.Cn1cc(CNC(=O)c2ccc(S(=O)(=O)N[C@@H]3CCNC3)cc2)cn1. The number of nitrogens with one attached hydrogen (secondary N) is 3. The topological polar surface area (TPSA) is 105 Å². The van der Waals surface area contributed by atoms with E-state index in [1.54, 1.807) is 17.9 Å². The molecule has 1 aromatic carbocycles. The first-order valence-electron chi connectivity index (χ1n) is 8.03. The second kappa shape index (κ2) is 8.63. The normalized spacial score (nSPS) is 16.9. The number of aromatic nitrogens is 2. The van der Waals surface area contributed by atoms with E-state index in [4.69, 9.17) is 0 Å². The zero-order valence-electron chi connectivity index (χ0n) is 14.3. The van der Waals surface area contributed by atoms with Crippen LogP contribution >= 0.6 is 12.4 Å². The number of amides is 1. The summed E-state index contributed by atoms with van der Waals surface area (Å²) >= 11 is 0. The fraction of sp³-hybridized carbons (Fsp3) is 0.375. The molecule has 0 spiro atoms. The summed E-state index contributed by atoms with van der Waals surface area (Å²) in [5.74, 6) is -0.263. The van der Waals surface area contributed by atoms with Gasteiger partial charge in [0.2, 0.25) is 10.0 Å². The monoisotopic (exact) mass is 399 g/mol. The van der Waals surface area contributed by atoms with Gasteiger partial charge in [0.15, 0.2) is 0 Å². The minimum absolute atomic E-state index is 0. The van der Waals surface area contributed by atoms with Crippen molar-refractivity contribution in [1.82, 2.24) is 25.1 Å². The number of nitrogens with zero attached hydrogens (tertiary/aromatic N) is 2. The van der Waals surface area contributed by atoms with Crippen LogP contribution in [0.2, 0.25) is 0 Å². The zero-order valence-corrected chi connectivity index (χ0v) is 15.9. The molecule has 0 bridgehead atoms. The molecular formula is C16H22ClN5O3S. The summed E-state index contributed by atoms with van der Waals surface area (Å²) in [5, 5.41) is 9.93. The number of rotatable bonds is 6. The van der Waals surface area contributed by atoms with Crippen LogP contribution in [0.3, 0.4) is 0 Å². The molecule has 142 valence electrons. The Morgan fingerprint density at radius 2 is 2.08 bits per heavy atom. The third-order valence-corrected chi connectivity index (χ3v) is 5.56. The Hall–Kier alpha value is -1.94. The van der Waals surface area contributed by atoms with Crippen LogP contribution in [-0.4, -0.2) is 43.2 Å². The molecule has 1 fully saturated rings. The van der Waals surface area contributed by atoms with E-state index in [0.29, 0.717) is 18.7 Å². The Morgan fingerprint density at radius 3 is 2.65 bits per heavy atom. The molecule has 1 atom stereocenters. The van der Waals surface area contributed by atoms with Gasteiger partial charge in [0.25, 0.3) is 5.91 Å². The second-order valence-corrected chi connectivity index (χ2v) is 7.75. The number of benzene rings is 1. The predicted molar refractivity (Wildman–Crippen MR) is 99.7 cm³/mol. The lowest BCUT2D eigenvalue weighted by Crippen LogP contribution is -2.36. The largest absolute Gasteiger partial charge is 0.348 e. The molecule has 3 N–H and O–H groups in total. The first kappa shape index (κ1) is 20.4. The Balaban J connectivity index is 0.00000243. The number of sulfonamides is 1. The molecule has 0 radical (unpaired) electrons. The highest BCUT2D eigenvalue weighted by molar-refractivity contribution is 7.89. The number of carbonyl (C=O) groups is 1. The van der Waals surface area contributed by atoms with Crippen molar-refractivity contribution in [2.75, 3.05) is 13.1 Å². The molecule has 1 aliphatic rings. The standard InChI is InChI=1S/C16H21N5O3S.ClH/c1-21-11-12(9-19-21)8-18-16(22)13-2-4-15(5-3-13)25(23,24)20-14-6-7-17-10-14;/h2-5,9,11,14,17,20H,6-8,10H2,1H3,(H,18,22);1H/t14-;/m1./s1. The summed E-state index contributed by atoms with van der Waals surface area (Å²) in [6, 6.07) is 5.83. The molecule has 1 aliphatic heterocycles. The van der Waals surface area contributed by atoms with Crippen molar-refractivity contribution in [3.63, 3.8) is 0 Å². The van der Waals surface area contributed by atoms with Gasteiger partial charge in [0.05, 0.1) is 11.1 Å². The third-order valence-electron chi connectivity index (χ3n) is 4.02. The van der Waals surface area contributed by atoms with E-state index in [2.05, 4.69) is 20.5 Å². The highest BCUT2D eigenvalue weighted by Crippen LogP contribution is 2.13. The number of hydrogen-bond donors (Lipinski definition) is 3. The third kappa shape index (κ3) is 5.04. The predicted octanol–water partition coefficient (Wildman–Crippen LogP) is 0.412. The molecule has 1 saturated heterocycles. The minimum atomic E-state index is -3.57. The number of hydrogen-bond acceptors (Lipinski definition) is 5. The molecule has 10 heteroatoms. The summed E-state index contributed by atoms with van der Waals surface area (Å²) in [6.45, 7) is 1.81. The quantitative estimate of drug-likeness (QED) is 0.652. The summed E-state index contributed by atoms with van der Waals surface area (Å²) in [5.41, 5.74) is 1.30. The van der Waals surface area contributed by atoms with Crippen LogP contribution in [0.1, 0.15) is 22.3 Å². The number of carbonyl (C=O) groups excluding carboxylic acids is 1. The maximum atomic E-state index is 12.3. The molecule has 2 aromatic rings. The van der Waals surface area contributed by atoms with Gasteiger partial charge in [0.1, 0.15) is 0 Å². The van der Waals surface area contributed by atoms with Crippen LogP contribution in [0.25, 0.3) is 0 Å². The van der Waals surface area contributed by atoms with Gasteiger partial charge in [-0.25, -0.2) is 13.1 Å². The van der Waals surface area contributed by atoms with Crippen molar-refractivity contribution in [2.24, 2.45) is 7.05 Å². The highest BCUT2D eigenvalue weighted by Gasteiger charge is 2.22. The van der Waals surface area contributed by atoms with E-state index in [1.807, 2.05) is 6.20 Å². The number of halogens is 1. The lowest BCUT2D eigenvalue weighted by Gasteiger charge is -2.12. The molecule has 1 aromatic heterocycles. The summed E-state index contributed by atoms with van der Waals surface area (Å²) in [4.78, 5) is 12.3.